The quantitative estimate of drug-likeness (QED) is 0.915. The molecule has 1 N–H and O–H groups in total. The lowest BCUT2D eigenvalue weighted by Crippen LogP contribution is -2.25. The van der Waals surface area contributed by atoms with Gasteiger partial charge in [-0.1, -0.05) is 48.5 Å². The first-order valence-corrected chi connectivity index (χ1v) is 7.31. The molecular weight excluding hydrogens is 262 g/mol. The van der Waals surface area contributed by atoms with Crippen LogP contribution in [0.4, 0.5) is 0 Å². The third kappa shape index (κ3) is 3.31. The zero-order valence-corrected chi connectivity index (χ0v) is 11.9. The topological polar surface area (TPSA) is 41.8 Å². The van der Waals surface area contributed by atoms with Crippen molar-refractivity contribution in [1.82, 2.24) is 0 Å². The number of hydrogen-bond donors (Lipinski definition) is 1. The SMILES string of the molecule is OCC[C@@H]1OC(c2ccccc2)=N[C@H]1Cc1ccccc1. The molecule has 3 rings (SSSR count). The molecule has 0 saturated carbocycles. The molecule has 0 bridgehead atoms. The maximum Gasteiger partial charge on any atom is 0.216 e. The summed E-state index contributed by atoms with van der Waals surface area (Å²) in [6.45, 7) is 0.119. The van der Waals surface area contributed by atoms with Crippen molar-refractivity contribution in [3.8, 4) is 0 Å². The van der Waals surface area contributed by atoms with E-state index in [-0.39, 0.29) is 18.8 Å². The van der Waals surface area contributed by atoms with Gasteiger partial charge in [-0.3, -0.25) is 0 Å². The van der Waals surface area contributed by atoms with Gasteiger partial charge in [0.1, 0.15) is 6.10 Å². The number of aliphatic hydroxyl groups is 1. The molecular formula is C18H19NO2. The van der Waals surface area contributed by atoms with Crippen molar-refractivity contribution in [1.29, 1.82) is 0 Å². The Labute approximate surface area is 124 Å². The van der Waals surface area contributed by atoms with Crippen LogP contribution in [0.3, 0.4) is 0 Å². The highest BCUT2D eigenvalue weighted by Crippen LogP contribution is 2.23. The molecule has 0 fully saturated rings. The second-order valence-corrected chi connectivity index (χ2v) is 5.23. The highest BCUT2D eigenvalue weighted by molar-refractivity contribution is 5.95. The van der Waals surface area contributed by atoms with Crippen LogP contribution in [0.1, 0.15) is 17.5 Å². The van der Waals surface area contributed by atoms with E-state index in [4.69, 9.17) is 9.73 Å². The van der Waals surface area contributed by atoms with E-state index in [0.29, 0.717) is 12.3 Å². The molecule has 3 heteroatoms. The average Bonchev–Trinajstić information content (AvgIpc) is 2.93. The minimum Gasteiger partial charge on any atom is -0.472 e. The number of ether oxygens (including phenoxy) is 1. The van der Waals surface area contributed by atoms with Crippen LogP contribution in [0.25, 0.3) is 0 Å². The number of aliphatic hydroxyl groups excluding tert-OH is 1. The van der Waals surface area contributed by atoms with Gasteiger partial charge in [0, 0.05) is 18.6 Å². The molecule has 108 valence electrons. The van der Waals surface area contributed by atoms with Crippen LogP contribution < -0.4 is 0 Å². The Morgan fingerprint density at radius 1 is 0.952 bits per heavy atom. The van der Waals surface area contributed by atoms with Gasteiger partial charge in [-0.15, -0.1) is 0 Å². The van der Waals surface area contributed by atoms with Crippen molar-refractivity contribution in [2.75, 3.05) is 6.61 Å². The normalized spacial score (nSPS) is 20.9. The monoisotopic (exact) mass is 281 g/mol. The van der Waals surface area contributed by atoms with E-state index in [2.05, 4.69) is 12.1 Å². The van der Waals surface area contributed by atoms with Gasteiger partial charge < -0.3 is 9.84 Å². The molecule has 0 aromatic heterocycles. The first kappa shape index (κ1) is 13.8. The standard InChI is InChI=1S/C18H19NO2/c20-12-11-17-16(13-14-7-3-1-4-8-14)19-18(21-17)15-9-5-2-6-10-15/h1-10,16-17,20H,11-13H2/t16-,17-/m0/s1. The molecule has 3 nitrogen and oxygen atoms in total. The summed E-state index contributed by atoms with van der Waals surface area (Å²) in [4.78, 5) is 4.74. The Kier molecular flexibility index (Phi) is 4.31. The van der Waals surface area contributed by atoms with E-state index in [1.807, 2.05) is 48.5 Å². The lowest BCUT2D eigenvalue weighted by atomic mass is 10.0. The zero-order valence-electron chi connectivity index (χ0n) is 11.9. The third-order valence-corrected chi connectivity index (χ3v) is 3.70. The Morgan fingerprint density at radius 2 is 1.62 bits per heavy atom. The molecule has 21 heavy (non-hydrogen) atoms. The smallest absolute Gasteiger partial charge is 0.216 e. The molecule has 1 heterocycles. The summed E-state index contributed by atoms with van der Waals surface area (Å²) in [7, 11) is 0. The van der Waals surface area contributed by atoms with E-state index in [9.17, 15) is 5.11 Å². The molecule has 0 unspecified atom stereocenters. The molecule has 2 aromatic rings. The van der Waals surface area contributed by atoms with Crippen molar-refractivity contribution in [2.24, 2.45) is 4.99 Å². The Morgan fingerprint density at radius 3 is 2.29 bits per heavy atom. The van der Waals surface area contributed by atoms with Gasteiger partial charge >= 0.3 is 0 Å². The molecule has 0 amide bonds. The summed E-state index contributed by atoms with van der Waals surface area (Å²) in [5.74, 6) is 0.690. The van der Waals surface area contributed by atoms with Crippen LogP contribution in [0.5, 0.6) is 0 Å². The van der Waals surface area contributed by atoms with E-state index in [1.54, 1.807) is 0 Å². The summed E-state index contributed by atoms with van der Waals surface area (Å²) in [6, 6.07) is 20.3. The predicted molar refractivity (Wildman–Crippen MR) is 83.5 cm³/mol. The fourth-order valence-electron chi connectivity index (χ4n) is 2.62. The van der Waals surface area contributed by atoms with E-state index in [1.165, 1.54) is 5.56 Å². The van der Waals surface area contributed by atoms with Gasteiger partial charge in [0.05, 0.1) is 6.04 Å². The van der Waals surface area contributed by atoms with Gasteiger partial charge in [0.2, 0.25) is 5.90 Å². The minimum absolute atomic E-state index is 0.0505. The maximum atomic E-state index is 9.24. The summed E-state index contributed by atoms with van der Waals surface area (Å²) >= 11 is 0. The first-order valence-electron chi connectivity index (χ1n) is 7.31. The van der Waals surface area contributed by atoms with Crippen molar-refractivity contribution in [2.45, 2.75) is 25.0 Å². The highest BCUT2D eigenvalue weighted by atomic mass is 16.5. The number of nitrogens with zero attached hydrogens (tertiary/aromatic N) is 1. The summed E-state index contributed by atoms with van der Waals surface area (Å²) in [6.07, 6.45) is 1.39. The third-order valence-electron chi connectivity index (χ3n) is 3.70. The molecule has 2 atom stereocenters. The molecule has 1 aliphatic heterocycles. The maximum absolute atomic E-state index is 9.24. The highest BCUT2D eigenvalue weighted by Gasteiger charge is 2.31. The summed E-state index contributed by atoms with van der Waals surface area (Å²) < 4.78 is 5.96. The molecule has 0 spiro atoms. The van der Waals surface area contributed by atoms with Gasteiger partial charge in [0.15, 0.2) is 0 Å². The predicted octanol–water partition coefficient (Wildman–Crippen LogP) is 2.83. The lowest BCUT2D eigenvalue weighted by Gasteiger charge is -2.16. The van der Waals surface area contributed by atoms with Crippen molar-refractivity contribution >= 4 is 5.90 Å². The largest absolute Gasteiger partial charge is 0.472 e. The fourth-order valence-corrected chi connectivity index (χ4v) is 2.62. The van der Waals surface area contributed by atoms with Gasteiger partial charge in [-0.25, -0.2) is 4.99 Å². The van der Waals surface area contributed by atoms with Crippen LogP contribution >= 0.6 is 0 Å². The second kappa shape index (κ2) is 6.55. The number of benzene rings is 2. The van der Waals surface area contributed by atoms with Gasteiger partial charge in [0.25, 0.3) is 0 Å². The molecule has 2 aromatic carbocycles. The first-order chi connectivity index (χ1) is 10.4. The lowest BCUT2D eigenvalue weighted by molar-refractivity contribution is 0.145. The second-order valence-electron chi connectivity index (χ2n) is 5.23. The Bertz CT molecular complexity index is 595. The number of hydrogen-bond acceptors (Lipinski definition) is 3. The zero-order chi connectivity index (χ0) is 14.5. The molecule has 0 aliphatic carbocycles. The number of aliphatic imine (C=N–C) groups is 1. The van der Waals surface area contributed by atoms with Crippen LogP contribution in [-0.2, 0) is 11.2 Å². The van der Waals surface area contributed by atoms with Crippen LogP contribution in [0.15, 0.2) is 65.7 Å². The fraction of sp³-hybridized carbons (Fsp3) is 0.278. The van der Waals surface area contributed by atoms with E-state index in [0.717, 1.165) is 12.0 Å². The van der Waals surface area contributed by atoms with Crippen molar-refractivity contribution < 1.29 is 9.84 Å². The molecule has 0 saturated heterocycles. The Balaban J connectivity index is 1.80. The Hall–Kier alpha value is -2.13. The molecule has 1 aliphatic rings. The summed E-state index contributed by atoms with van der Waals surface area (Å²) in [5.41, 5.74) is 2.24. The van der Waals surface area contributed by atoms with E-state index < -0.39 is 0 Å². The average molecular weight is 281 g/mol. The van der Waals surface area contributed by atoms with Crippen LogP contribution in [0, 0.1) is 0 Å². The van der Waals surface area contributed by atoms with Crippen molar-refractivity contribution in [3.63, 3.8) is 0 Å². The number of rotatable bonds is 5. The van der Waals surface area contributed by atoms with Gasteiger partial charge in [-0.2, -0.15) is 0 Å². The van der Waals surface area contributed by atoms with Crippen molar-refractivity contribution in [3.05, 3.63) is 71.8 Å². The van der Waals surface area contributed by atoms with E-state index >= 15 is 0 Å². The van der Waals surface area contributed by atoms with Gasteiger partial charge in [-0.05, 0) is 24.1 Å². The van der Waals surface area contributed by atoms with Crippen LogP contribution in [0.2, 0.25) is 0 Å². The molecule has 0 radical (unpaired) electrons. The minimum atomic E-state index is -0.0505. The summed E-state index contributed by atoms with van der Waals surface area (Å²) in [5, 5.41) is 9.24. The van der Waals surface area contributed by atoms with Crippen LogP contribution in [-0.4, -0.2) is 29.8 Å².